The molecule has 0 fully saturated rings. The summed E-state index contributed by atoms with van der Waals surface area (Å²) in [4.78, 5) is 0. The van der Waals surface area contributed by atoms with Crippen molar-refractivity contribution in [3.63, 3.8) is 0 Å². The van der Waals surface area contributed by atoms with Crippen molar-refractivity contribution < 1.29 is 18.3 Å². The molecule has 0 heterocycles. The number of hydrogen-bond acceptors (Lipinski definition) is 4. The highest BCUT2D eigenvalue weighted by atomic mass is 79.9. The fourth-order valence-corrected chi connectivity index (χ4v) is 2.43. The number of nitrogens with one attached hydrogen (secondary N) is 1. The lowest BCUT2D eigenvalue weighted by Crippen LogP contribution is -2.20. The number of sulfonamides is 1. The van der Waals surface area contributed by atoms with Gasteiger partial charge in [0.2, 0.25) is 10.0 Å². The van der Waals surface area contributed by atoms with Gasteiger partial charge in [-0.1, -0.05) is 6.07 Å². The molecule has 0 atom stereocenters. The number of para-hydroxylation sites is 1. The summed E-state index contributed by atoms with van der Waals surface area (Å²) in [5.74, 6) is -0.278. The molecule has 5 nitrogen and oxygen atoms in total. The number of hydrogen-bond donors (Lipinski definition) is 2. The Hall–Kier alpha value is -0.790. The summed E-state index contributed by atoms with van der Waals surface area (Å²) in [5.41, 5.74) is 0.149. The van der Waals surface area contributed by atoms with Crippen molar-refractivity contribution >= 4 is 31.6 Å². The molecule has 0 spiro atoms. The van der Waals surface area contributed by atoms with Gasteiger partial charge in [0.15, 0.2) is 5.75 Å². The van der Waals surface area contributed by atoms with Crippen molar-refractivity contribution in [1.29, 1.82) is 0 Å². The molecule has 0 saturated heterocycles. The quantitative estimate of drug-likeness (QED) is 0.619. The SMILES string of the molecule is CCOCCS(=O)(=O)Nc1cccc(Br)c1O. The summed E-state index contributed by atoms with van der Waals surface area (Å²) in [6.07, 6.45) is 0. The van der Waals surface area contributed by atoms with E-state index in [-0.39, 0.29) is 23.8 Å². The molecule has 1 aromatic rings. The zero-order chi connectivity index (χ0) is 12.9. The van der Waals surface area contributed by atoms with Crippen LogP contribution in [0.2, 0.25) is 0 Å². The van der Waals surface area contributed by atoms with Crippen molar-refractivity contribution in [2.24, 2.45) is 0 Å². The number of benzene rings is 1. The molecule has 0 saturated carbocycles. The first kappa shape index (κ1) is 14.3. The van der Waals surface area contributed by atoms with Crippen LogP contribution in [0.15, 0.2) is 22.7 Å². The molecule has 1 rings (SSSR count). The monoisotopic (exact) mass is 323 g/mol. The van der Waals surface area contributed by atoms with Crippen LogP contribution in [0.1, 0.15) is 6.92 Å². The van der Waals surface area contributed by atoms with Gasteiger partial charge in [0.1, 0.15) is 0 Å². The van der Waals surface area contributed by atoms with Gasteiger partial charge in [-0.25, -0.2) is 8.42 Å². The molecule has 96 valence electrons. The fraction of sp³-hybridized carbons (Fsp3) is 0.400. The van der Waals surface area contributed by atoms with Crippen molar-refractivity contribution in [1.82, 2.24) is 0 Å². The zero-order valence-electron chi connectivity index (χ0n) is 9.31. The van der Waals surface area contributed by atoms with Crippen LogP contribution in [-0.2, 0) is 14.8 Å². The Morgan fingerprint density at radius 3 is 2.82 bits per heavy atom. The van der Waals surface area contributed by atoms with E-state index in [0.717, 1.165) is 0 Å². The topological polar surface area (TPSA) is 75.6 Å². The summed E-state index contributed by atoms with van der Waals surface area (Å²) >= 11 is 3.11. The second-order valence-electron chi connectivity index (χ2n) is 3.25. The smallest absolute Gasteiger partial charge is 0.235 e. The van der Waals surface area contributed by atoms with Gasteiger partial charge in [-0.05, 0) is 35.0 Å². The van der Waals surface area contributed by atoms with Gasteiger partial charge in [-0.3, -0.25) is 4.72 Å². The number of halogens is 1. The van der Waals surface area contributed by atoms with Crippen molar-refractivity contribution in [2.75, 3.05) is 23.7 Å². The molecule has 2 N–H and O–H groups in total. The minimum atomic E-state index is -3.50. The van der Waals surface area contributed by atoms with E-state index in [4.69, 9.17) is 4.74 Å². The molecule has 0 radical (unpaired) electrons. The largest absolute Gasteiger partial charge is 0.505 e. The first-order valence-corrected chi connectivity index (χ1v) is 7.46. The van der Waals surface area contributed by atoms with Crippen LogP contribution < -0.4 is 4.72 Å². The number of ether oxygens (including phenoxy) is 1. The Labute approximate surface area is 109 Å². The third-order valence-corrected chi connectivity index (χ3v) is 3.83. The normalized spacial score (nSPS) is 11.4. The summed E-state index contributed by atoms with van der Waals surface area (Å²) in [6.45, 7) is 2.39. The molecule has 0 unspecified atom stereocenters. The number of rotatable bonds is 6. The van der Waals surface area contributed by atoms with E-state index in [1.807, 2.05) is 0 Å². The van der Waals surface area contributed by atoms with Crippen LogP contribution in [0, 0.1) is 0 Å². The minimum Gasteiger partial charge on any atom is -0.505 e. The lowest BCUT2D eigenvalue weighted by molar-refractivity contribution is 0.163. The Morgan fingerprint density at radius 1 is 1.47 bits per heavy atom. The Kier molecular flexibility index (Phi) is 5.23. The molecule has 0 bridgehead atoms. The van der Waals surface area contributed by atoms with Crippen LogP contribution in [0.3, 0.4) is 0 Å². The van der Waals surface area contributed by atoms with E-state index >= 15 is 0 Å². The third-order valence-electron chi connectivity index (χ3n) is 1.95. The Bertz CT molecular complexity index is 475. The number of phenols is 1. The standard InChI is InChI=1S/C10H14BrNO4S/c1-2-16-6-7-17(14,15)12-9-5-3-4-8(11)10(9)13/h3-5,12-13H,2,6-7H2,1H3. The van der Waals surface area contributed by atoms with E-state index in [2.05, 4.69) is 20.7 Å². The van der Waals surface area contributed by atoms with Gasteiger partial charge in [0, 0.05) is 6.61 Å². The van der Waals surface area contributed by atoms with Crippen LogP contribution in [-0.4, -0.2) is 32.5 Å². The number of anilines is 1. The molecule has 0 aliphatic heterocycles. The van der Waals surface area contributed by atoms with Gasteiger partial charge in [-0.15, -0.1) is 0 Å². The van der Waals surface area contributed by atoms with E-state index < -0.39 is 10.0 Å². The second kappa shape index (κ2) is 6.23. The molecular weight excluding hydrogens is 310 g/mol. The van der Waals surface area contributed by atoms with Gasteiger partial charge in [0.05, 0.1) is 22.5 Å². The highest BCUT2D eigenvalue weighted by Crippen LogP contribution is 2.32. The second-order valence-corrected chi connectivity index (χ2v) is 5.95. The minimum absolute atomic E-state index is 0.126. The summed E-state index contributed by atoms with van der Waals surface area (Å²) < 4.78 is 30.9. The van der Waals surface area contributed by atoms with E-state index in [0.29, 0.717) is 11.1 Å². The number of phenolic OH excluding ortho intramolecular Hbond substituents is 1. The molecular formula is C10H14BrNO4S. The van der Waals surface area contributed by atoms with Crippen LogP contribution in [0.4, 0.5) is 5.69 Å². The maximum atomic E-state index is 11.6. The average Bonchev–Trinajstić information content (AvgIpc) is 2.25. The van der Waals surface area contributed by atoms with Gasteiger partial charge in [-0.2, -0.15) is 0 Å². The Morgan fingerprint density at radius 2 is 2.18 bits per heavy atom. The molecule has 0 amide bonds. The van der Waals surface area contributed by atoms with Crippen molar-refractivity contribution in [3.05, 3.63) is 22.7 Å². The predicted molar refractivity (Wildman–Crippen MR) is 69.7 cm³/mol. The first-order chi connectivity index (χ1) is 7.96. The first-order valence-electron chi connectivity index (χ1n) is 5.02. The van der Waals surface area contributed by atoms with Crippen molar-refractivity contribution in [3.8, 4) is 5.75 Å². The van der Waals surface area contributed by atoms with E-state index in [1.54, 1.807) is 19.1 Å². The van der Waals surface area contributed by atoms with Crippen molar-refractivity contribution in [2.45, 2.75) is 6.92 Å². The van der Waals surface area contributed by atoms with E-state index in [1.165, 1.54) is 6.07 Å². The summed E-state index contributed by atoms with van der Waals surface area (Å²) in [7, 11) is -3.50. The van der Waals surface area contributed by atoms with E-state index in [9.17, 15) is 13.5 Å². The third kappa shape index (κ3) is 4.53. The molecule has 0 aliphatic carbocycles. The van der Waals surface area contributed by atoms with Gasteiger partial charge >= 0.3 is 0 Å². The summed E-state index contributed by atoms with van der Waals surface area (Å²) in [5, 5.41) is 9.63. The lowest BCUT2D eigenvalue weighted by Gasteiger charge is -2.10. The maximum absolute atomic E-state index is 11.6. The number of aromatic hydroxyl groups is 1. The average molecular weight is 324 g/mol. The maximum Gasteiger partial charge on any atom is 0.235 e. The summed E-state index contributed by atoms with van der Waals surface area (Å²) in [6, 6.07) is 4.73. The molecule has 7 heteroatoms. The fourth-order valence-electron chi connectivity index (χ4n) is 1.13. The molecule has 17 heavy (non-hydrogen) atoms. The van der Waals surface area contributed by atoms with Crippen LogP contribution in [0.25, 0.3) is 0 Å². The zero-order valence-corrected chi connectivity index (χ0v) is 11.7. The highest BCUT2D eigenvalue weighted by molar-refractivity contribution is 9.10. The molecule has 1 aromatic carbocycles. The van der Waals surface area contributed by atoms with Crippen LogP contribution in [0.5, 0.6) is 5.75 Å². The lowest BCUT2D eigenvalue weighted by atomic mass is 10.3. The van der Waals surface area contributed by atoms with Crippen LogP contribution >= 0.6 is 15.9 Å². The van der Waals surface area contributed by atoms with Gasteiger partial charge in [0.25, 0.3) is 0 Å². The van der Waals surface area contributed by atoms with Gasteiger partial charge < -0.3 is 9.84 Å². The molecule has 0 aliphatic rings. The Balaban J connectivity index is 2.73. The highest BCUT2D eigenvalue weighted by Gasteiger charge is 2.13. The predicted octanol–water partition coefficient (Wildman–Crippen LogP) is 1.93. The molecule has 0 aromatic heterocycles.